The van der Waals surface area contributed by atoms with E-state index in [1.54, 1.807) is 60.7 Å². The highest BCUT2D eigenvalue weighted by molar-refractivity contribution is 14.1. The summed E-state index contributed by atoms with van der Waals surface area (Å²) in [5.74, 6) is 3.81. The van der Waals surface area contributed by atoms with Crippen LogP contribution in [-0.2, 0) is 66.3 Å². The number of ether oxygens (including phenoxy) is 12. The maximum Gasteiger partial charge on any atom is 0.471 e. The van der Waals surface area contributed by atoms with Crippen molar-refractivity contribution in [1.29, 1.82) is 10.5 Å². The Morgan fingerprint density at radius 3 is 1.26 bits per heavy atom. The van der Waals surface area contributed by atoms with Gasteiger partial charge in [0.1, 0.15) is 93.3 Å². The number of methoxy groups -OCH3 is 6. The molecule has 8 atom stereocenters. The lowest BCUT2D eigenvalue weighted by molar-refractivity contribution is -0.124. The van der Waals surface area contributed by atoms with Gasteiger partial charge in [0.25, 0.3) is 0 Å². The van der Waals surface area contributed by atoms with Crippen molar-refractivity contribution in [2.75, 3.05) is 49.5 Å². The fourth-order valence-corrected chi connectivity index (χ4v) is 27.8. The van der Waals surface area contributed by atoms with Gasteiger partial charge in [-0.15, -0.1) is 0 Å². The van der Waals surface area contributed by atoms with E-state index in [1.807, 2.05) is 118 Å². The maximum absolute atomic E-state index is 15.1. The Balaban J connectivity index is 0.000000183. The summed E-state index contributed by atoms with van der Waals surface area (Å²) in [6.07, 6.45) is 0.101. The average Bonchev–Trinajstić information content (AvgIpc) is 0.781. The molecule has 33 heteroatoms. The first kappa shape index (κ1) is 115. The predicted molar refractivity (Wildman–Crippen MR) is 591 cm³/mol. The number of aromatic hydroxyl groups is 2. The molecule has 9 aromatic carbocycles. The minimum atomic E-state index is -3.17. The molecule has 15 rings (SSSR count). The highest BCUT2D eigenvalue weighted by Crippen LogP contribution is 2.63. The first-order chi connectivity index (χ1) is 67.1. The fourth-order valence-electron chi connectivity index (χ4n) is 17.7. The molecular formula is C111H139I3N2O24Si4. The van der Waals surface area contributed by atoms with E-state index in [4.69, 9.17) is 89.5 Å². The number of halogens is 3. The number of nitrogens with zero attached hydrogens (tertiary/aromatic N) is 2. The van der Waals surface area contributed by atoms with Gasteiger partial charge in [-0.05, 0) is 268 Å². The van der Waals surface area contributed by atoms with Gasteiger partial charge >= 0.3 is 20.5 Å². The lowest BCUT2D eigenvalue weighted by Crippen LogP contribution is -2.63. The zero-order valence-corrected chi connectivity index (χ0v) is 99.4. The number of hydrogen-bond donors (Lipinski definition) is 2. The number of phenols is 2. The van der Waals surface area contributed by atoms with E-state index in [0.717, 1.165) is 99.9 Å². The molecule has 0 radical (unpaired) electrons. The fraction of sp³-hybridized carbons (Fsp3) is 0.468. The second-order valence-corrected chi connectivity index (χ2v) is 65.8. The van der Waals surface area contributed by atoms with Gasteiger partial charge in [0.05, 0.1) is 97.3 Å². The van der Waals surface area contributed by atoms with Crippen LogP contribution in [0.2, 0.25) is 64.5 Å². The van der Waals surface area contributed by atoms with E-state index in [9.17, 15) is 29.4 Å². The molecule has 0 amide bonds. The standard InChI is InChI=1S/C38H53IO7Si2.C31H39IO6Si.C20H30O4Si.C12H10INO4.C10H7NO3/c1-22-19-25-28-34(45-48(37(5,6)7,38(8,9)10)46-35(28)31(22)39)30-29(33(25)42-12)26(43-21-23-15-17-24(41-11)18-16-23)20-27(32(30)40)44-47(13,14)36(2,3)4;1-17-14-21-24(18(2)27(17)32)29(34)26-25(30(21)36-7)22(37-16-19-10-12-20(35-6)13-11-19)15-23(28(26)33)38-39(8,9)31(3,4)5;1-20(2,3)25(5,6)24-19-13-17(11-12-18(19)21)23-14-15-7-9-16(22-4)10-8-15;1-6-3-7-8(4-14)18-12(15)9(7)11(10(6)13)17-5-16-2;1-5-2-6-8(4-11)14-10(13)9(6)7(12)3-5/h15-19,26-27H,20-21H2,1-14H3;10-14,22-23,34H,15-16H2,1-9H3;7-12,17,19H,13-14H2,1-6H3;3,8H,5H2,1-2H3;2-3,8,12H,1H3/t26-,27-;22-,23-;17-,19+;;/m001../s1. The lowest BCUT2D eigenvalue weighted by Gasteiger charge is -2.51. The van der Waals surface area contributed by atoms with Crippen LogP contribution in [0.4, 0.5) is 0 Å². The molecule has 0 spiro atoms. The molecule has 2 unspecified atom stereocenters. The Morgan fingerprint density at radius 1 is 0.444 bits per heavy atom. The quantitative estimate of drug-likeness (QED) is 0.0260. The molecule has 26 nitrogen and oxygen atoms in total. The number of carbonyl (C=O) groups excluding carboxylic acids is 5. The second kappa shape index (κ2) is 45.6. The molecule has 3 aliphatic heterocycles. The van der Waals surface area contributed by atoms with E-state index in [-0.39, 0.29) is 78.1 Å². The van der Waals surface area contributed by atoms with Crippen molar-refractivity contribution < 1.29 is 113 Å². The van der Waals surface area contributed by atoms with E-state index < -0.39 is 88.2 Å². The first-order valence-electron chi connectivity index (χ1n) is 48.0. The van der Waals surface area contributed by atoms with Crippen LogP contribution in [0.1, 0.15) is 256 Å². The van der Waals surface area contributed by atoms with Crippen LogP contribution >= 0.6 is 67.8 Å². The van der Waals surface area contributed by atoms with Crippen molar-refractivity contribution in [2.45, 2.75) is 291 Å². The molecule has 0 bridgehead atoms. The third-order valence-electron chi connectivity index (χ3n) is 28.5. The highest BCUT2D eigenvalue weighted by Gasteiger charge is 2.65. The molecule has 3 heterocycles. The molecule has 774 valence electrons. The minimum absolute atomic E-state index is 0.0252. The minimum Gasteiger partial charge on any atom is -0.510 e. The van der Waals surface area contributed by atoms with Crippen molar-refractivity contribution in [3.8, 4) is 69.6 Å². The number of fused-ring (bicyclic) bond motifs is 6. The number of Topliss-reactive ketones (excluding diaryl/α,β-unsaturated/α-hetero) is 2. The summed E-state index contributed by atoms with van der Waals surface area (Å²) in [6, 6.07) is 36.3. The Labute approximate surface area is 893 Å². The summed E-state index contributed by atoms with van der Waals surface area (Å²) in [5, 5.41) is 41.2. The summed E-state index contributed by atoms with van der Waals surface area (Å²) in [6.45, 7) is 56.7. The number of benzene rings is 9. The Hall–Kier alpha value is -9.05. The second-order valence-electron chi connectivity index (χ2n) is 43.7. The molecule has 144 heavy (non-hydrogen) atoms. The van der Waals surface area contributed by atoms with Gasteiger partial charge in [-0.1, -0.05) is 152 Å². The van der Waals surface area contributed by atoms with Crippen molar-refractivity contribution in [3.63, 3.8) is 0 Å². The van der Waals surface area contributed by atoms with E-state index in [0.29, 0.717) is 95.3 Å². The average molecular weight is 2380 g/mol. The van der Waals surface area contributed by atoms with Crippen LogP contribution in [0.15, 0.2) is 115 Å². The molecule has 0 saturated heterocycles. The number of esters is 2. The van der Waals surface area contributed by atoms with Gasteiger partial charge in [-0.2, -0.15) is 10.5 Å². The van der Waals surface area contributed by atoms with Gasteiger partial charge in [0, 0.05) is 78.4 Å². The van der Waals surface area contributed by atoms with Crippen LogP contribution in [0.5, 0.6) is 57.5 Å². The van der Waals surface area contributed by atoms with Crippen molar-refractivity contribution in [3.05, 3.63) is 215 Å². The highest BCUT2D eigenvalue weighted by atomic mass is 127. The summed E-state index contributed by atoms with van der Waals surface area (Å²) < 4.78 is 105. The van der Waals surface area contributed by atoms with Gasteiger partial charge in [0.2, 0.25) is 12.2 Å². The summed E-state index contributed by atoms with van der Waals surface area (Å²) in [4.78, 5) is 64.4. The van der Waals surface area contributed by atoms with Crippen molar-refractivity contribution in [1.82, 2.24) is 0 Å². The van der Waals surface area contributed by atoms with Gasteiger partial charge < -0.3 is 89.2 Å². The molecule has 2 N–H and O–H groups in total. The Bertz CT molecular complexity index is 6440. The molecule has 9 aromatic rings. The van der Waals surface area contributed by atoms with Crippen LogP contribution in [0, 0.1) is 68.0 Å². The van der Waals surface area contributed by atoms with Crippen LogP contribution in [0.25, 0.3) is 21.5 Å². The van der Waals surface area contributed by atoms with Crippen molar-refractivity contribution in [2.24, 2.45) is 0 Å². The number of aryl methyl sites for hydroxylation is 5. The zero-order valence-electron chi connectivity index (χ0n) is 88.9. The largest absolute Gasteiger partial charge is 0.510 e. The van der Waals surface area contributed by atoms with Gasteiger partial charge in [0.15, 0.2) is 54.8 Å². The maximum atomic E-state index is 15.1. The number of rotatable bonds is 23. The number of hydrogen-bond acceptors (Lipinski definition) is 26. The zero-order chi connectivity index (χ0) is 107. The van der Waals surface area contributed by atoms with E-state index >= 15 is 4.79 Å². The van der Waals surface area contributed by atoms with E-state index in [2.05, 4.69) is 224 Å². The van der Waals surface area contributed by atoms with E-state index in [1.165, 1.54) is 13.2 Å². The number of carbonyl (C=O) groups is 5. The SMILES string of the molecule is COCOc1c(I)c(C)cc2c1C(=O)OC2C#N.COc1ccc(CO[C@@H]2C=CC(=O)[C@@H](O[Si](C)(C)C(C)(C)C)C2)cc1.COc1ccc(CO[C@H]2C[C@H](O[Si](C)(C)C(C)(C)C)C(=O)c3c2c(OC)c2cc(C)c(I)c(C)c2c3O)cc1.COc1ccc(CO[C@H]2C[C@H](O[Si](C)(C)C(C)(C)C)C(=O)c3c2c(OC)c2cc(C)c(I)c4c2c3O[Si](C(C)(C)C)(C(C)(C)C)O4)cc1.Cc1cc(O)c2c(c1)C(C#N)OC2=O. The number of cyclic esters (lactones) is 2. The lowest BCUT2D eigenvalue weighted by atomic mass is 9.82. The smallest absolute Gasteiger partial charge is 0.471 e. The summed E-state index contributed by atoms with van der Waals surface area (Å²) >= 11 is 6.77. The van der Waals surface area contributed by atoms with Crippen LogP contribution in [-0.4, -0.2) is 147 Å². The third kappa shape index (κ3) is 24.3. The number of ketones is 3. The number of nitriles is 2. The Kier molecular flexibility index (Phi) is 36.5. The Morgan fingerprint density at radius 2 is 0.840 bits per heavy atom. The third-order valence-corrected chi connectivity index (χ3v) is 51.2. The van der Waals surface area contributed by atoms with Crippen molar-refractivity contribution >= 4 is 152 Å². The summed E-state index contributed by atoms with van der Waals surface area (Å²) in [5.41, 5.74) is 11.4. The molecule has 0 saturated carbocycles. The van der Waals surface area contributed by atoms with Crippen LogP contribution < -0.4 is 37.3 Å². The predicted octanol–water partition coefficient (Wildman–Crippen LogP) is 27.1. The van der Waals surface area contributed by atoms with Gasteiger partial charge in [-0.3, -0.25) is 14.4 Å². The molecule has 0 aromatic heterocycles. The van der Waals surface area contributed by atoms with Crippen LogP contribution in [0.3, 0.4) is 0 Å². The summed E-state index contributed by atoms with van der Waals surface area (Å²) in [7, 11) is -0.104. The molecular weight excluding hydrogens is 2240 g/mol. The number of phenolic OH excluding ortho intramolecular Hbond substituents is 2. The molecule has 3 aliphatic carbocycles. The monoisotopic (exact) mass is 2380 g/mol. The molecule has 6 aliphatic rings. The molecule has 0 fully saturated rings. The normalized spacial score (nSPS) is 19.0. The van der Waals surface area contributed by atoms with Gasteiger partial charge in [-0.25, -0.2) is 9.59 Å². The topological polar surface area (TPSA) is 330 Å². The first-order valence-corrected chi connectivity index (χ1v) is 61.8.